The normalized spacial score (nSPS) is 15.5. The molecule has 1 N–H and O–H groups in total. The second-order valence-electron chi connectivity index (χ2n) is 6.77. The molecule has 2 aliphatic rings. The summed E-state index contributed by atoms with van der Waals surface area (Å²) in [5.41, 5.74) is -0.0503. The second kappa shape index (κ2) is 8.02. The fraction of sp³-hybridized carbons (Fsp3) is 0.182. The maximum Gasteiger partial charge on any atom is 0.513 e. The molecule has 1 aliphatic carbocycles. The Bertz CT molecular complexity index is 1210. The summed E-state index contributed by atoms with van der Waals surface area (Å²) in [5, 5.41) is 10.9. The van der Waals surface area contributed by atoms with E-state index >= 15 is 0 Å². The van der Waals surface area contributed by atoms with Gasteiger partial charge in [-0.05, 0) is 30.7 Å². The highest BCUT2D eigenvalue weighted by atomic mass is 19.1. The summed E-state index contributed by atoms with van der Waals surface area (Å²) in [6, 6.07) is 3.04. The zero-order valence-corrected chi connectivity index (χ0v) is 16.4. The van der Waals surface area contributed by atoms with E-state index in [0.29, 0.717) is 5.57 Å². The number of hydrogen-bond donors (Lipinski definition) is 1. The van der Waals surface area contributed by atoms with Gasteiger partial charge >= 0.3 is 6.16 Å². The van der Waals surface area contributed by atoms with Crippen molar-refractivity contribution in [3.05, 3.63) is 65.2 Å². The maximum atomic E-state index is 13.5. The van der Waals surface area contributed by atoms with Crippen LogP contribution in [0.25, 0.3) is 10.9 Å². The first-order valence-electron chi connectivity index (χ1n) is 9.48. The molecule has 0 fully saturated rings. The fourth-order valence-electron chi connectivity index (χ4n) is 3.45. The fourth-order valence-corrected chi connectivity index (χ4v) is 3.45. The Hall–Kier alpha value is -4.01. The molecular weight excluding hydrogens is 407 g/mol. The van der Waals surface area contributed by atoms with Crippen molar-refractivity contribution in [1.29, 1.82) is 0 Å². The van der Waals surface area contributed by atoms with Crippen LogP contribution in [0.5, 0.6) is 11.5 Å². The van der Waals surface area contributed by atoms with Gasteiger partial charge in [0.05, 0.1) is 13.2 Å². The van der Waals surface area contributed by atoms with Gasteiger partial charge in [-0.15, -0.1) is 0 Å². The number of rotatable bonds is 4. The first-order valence-corrected chi connectivity index (χ1v) is 9.48. The van der Waals surface area contributed by atoms with Gasteiger partial charge in [0.1, 0.15) is 22.5 Å². The molecule has 8 nitrogen and oxygen atoms in total. The summed E-state index contributed by atoms with van der Waals surface area (Å²) in [4.78, 5) is 43.2. The average molecular weight is 424 g/mol. The molecule has 4 rings (SSSR count). The van der Waals surface area contributed by atoms with Gasteiger partial charge in [0.15, 0.2) is 11.5 Å². The third-order valence-electron chi connectivity index (χ3n) is 4.82. The van der Waals surface area contributed by atoms with Crippen molar-refractivity contribution in [3.63, 3.8) is 0 Å². The highest BCUT2D eigenvalue weighted by Crippen LogP contribution is 2.44. The third kappa shape index (κ3) is 3.54. The third-order valence-corrected chi connectivity index (χ3v) is 4.82. The predicted octanol–water partition coefficient (Wildman–Crippen LogP) is 3.81. The lowest BCUT2D eigenvalue weighted by atomic mass is 10.0. The molecule has 1 aromatic heterocycles. The molecule has 0 radical (unpaired) electrons. The van der Waals surface area contributed by atoms with Gasteiger partial charge in [-0.1, -0.05) is 18.2 Å². The summed E-state index contributed by atoms with van der Waals surface area (Å²) in [7, 11) is 0. The molecule has 9 heteroatoms. The number of carbonyl (C=O) groups excluding carboxylic acids is 3. The van der Waals surface area contributed by atoms with Gasteiger partial charge in [0.2, 0.25) is 0 Å². The second-order valence-corrected chi connectivity index (χ2v) is 6.77. The van der Waals surface area contributed by atoms with Crippen LogP contribution in [0.2, 0.25) is 0 Å². The highest BCUT2D eigenvalue weighted by Gasteiger charge is 2.43. The lowest BCUT2D eigenvalue weighted by molar-refractivity contribution is 0.0667. The monoisotopic (exact) mass is 424 g/mol. The van der Waals surface area contributed by atoms with Gasteiger partial charge < -0.3 is 14.6 Å². The SMILES string of the molecule is CCOC(=O)Oc1c2c(c(O)c3ncccc13)C(=O)N(CC1=CC=C(F)CC=C1)C2=O. The number of aromatic nitrogens is 1. The van der Waals surface area contributed by atoms with Crippen LogP contribution in [0.4, 0.5) is 9.18 Å². The molecule has 0 unspecified atom stereocenters. The van der Waals surface area contributed by atoms with Crippen molar-refractivity contribution in [1.82, 2.24) is 9.88 Å². The van der Waals surface area contributed by atoms with Gasteiger partial charge in [0, 0.05) is 18.0 Å². The number of nitrogens with zero attached hydrogens (tertiary/aromatic N) is 2. The zero-order valence-electron chi connectivity index (χ0n) is 16.4. The van der Waals surface area contributed by atoms with Crippen molar-refractivity contribution >= 4 is 28.9 Å². The quantitative estimate of drug-likeness (QED) is 0.452. The summed E-state index contributed by atoms with van der Waals surface area (Å²) in [6.07, 6.45) is 6.36. The molecule has 1 aromatic carbocycles. The standard InChI is InChI=1S/C22H17FN2O6/c1-2-30-22(29)31-19-14-7-4-10-24-17(14)18(26)15-16(19)21(28)25(20(15)27)11-12-5-3-6-13(23)9-8-12/h3-5,7-10,26H,2,6,11H2,1H3. The average Bonchev–Trinajstić information content (AvgIpc) is 2.88. The smallest absolute Gasteiger partial charge is 0.505 e. The van der Waals surface area contributed by atoms with Gasteiger partial charge in [-0.3, -0.25) is 19.5 Å². The van der Waals surface area contributed by atoms with E-state index in [4.69, 9.17) is 9.47 Å². The minimum absolute atomic E-state index is 0.00197. The first kappa shape index (κ1) is 20.3. The van der Waals surface area contributed by atoms with Gasteiger partial charge in [0.25, 0.3) is 11.8 Å². The Balaban J connectivity index is 1.83. The Morgan fingerprint density at radius 1 is 1.26 bits per heavy atom. The first-order chi connectivity index (χ1) is 14.9. The summed E-state index contributed by atoms with van der Waals surface area (Å²) < 4.78 is 23.5. The topological polar surface area (TPSA) is 106 Å². The number of allylic oxidation sites excluding steroid dienone is 4. The summed E-state index contributed by atoms with van der Waals surface area (Å²) in [6.45, 7) is 1.47. The van der Waals surface area contributed by atoms with E-state index in [-0.39, 0.29) is 53.2 Å². The zero-order chi connectivity index (χ0) is 22.1. The Kier molecular flexibility index (Phi) is 5.24. The number of ether oxygens (including phenoxy) is 2. The number of fused-ring (bicyclic) bond motifs is 2. The van der Waals surface area contributed by atoms with Crippen LogP contribution in [-0.4, -0.2) is 46.1 Å². The number of phenols is 1. The van der Waals surface area contributed by atoms with Crippen LogP contribution >= 0.6 is 0 Å². The number of phenolic OH excluding ortho intramolecular Hbond substituents is 1. The van der Waals surface area contributed by atoms with Gasteiger partial charge in [-0.25, -0.2) is 9.18 Å². The van der Waals surface area contributed by atoms with Crippen molar-refractivity contribution in [2.75, 3.05) is 13.2 Å². The van der Waals surface area contributed by atoms with Crippen LogP contribution in [0.3, 0.4) is 0 Å². The molecular formula is C22H17FN2O6. The molecule has 0 saturated heterocycles. The molecule has 0 bridgehead atoms. The van der Waals surface area contributed by atoms with Crippen molar-refractivity contribution in [3.8, 4) is 11.5 Å². The molecule has 2 aromatic rings. The molecule has 158 valence electrons. The number of aromatic hydroxyl groups is 1. The Labute approximate surface area is 175 Å². The largest absolute Gasteiger partial charge is 0.513 e. The molecule has 1 aliphatic heterocycles. The van der Waals surface area contributed by atoms with Crippen molar-refractivity contribution in [2.45, 2.75) is 13.3 Å². The number of benzene rings is 1. The van der Waals surface area contributed by atoms with E-state index in [9.17, 15) is 23.9 Å². The Morgan fingerprint density at radius 2 is 2.03 bits per heavy atom. The van der Waals surface area contributed by atoms with Crippen LogP contribution in [0.15, 0.2) is 54.0 Å². The van der Waals surface area contributed by atoms with Crippen LogP contribution in [0.1, 0.15) is 34.1 Å². The van der Waals surface area contributed by atoms with Gasteiger partial charge in [-0.2, -0.15) is 0 Å². The number of imide groups is 1. The molecule has 0 saturated carbocycles. The van der Waals surface area contributed by atoms with E-state index in [1.807, 2.05) is 0 Å². The lowest BCUT2D eigenvalue weighted by Gasteiger charge is -2.14. The number of hydrogen-bond acceptors (Lipinski definition) is 7. The van der Waals surface area contributed by atoms with Crippen molar-refractivity contribution < 1.29 is 33.4 Å². The van der Waals surface area contributed by atoms with Crippen molar-refractivity contribution in [2.24, 2.45) is 0 Å². The van der Waals surface area contributed by atoms with Crippen LogP contribution < -0.4 is 4.74 Å². The molecule has 0 spiro atoms. The predicted molar refractivity (Wildman–Crippen MR) is 107 cm³/mol. The Morgan fingerprint density at radius 3 is 2.81 bits per heavy atom. The van der Waals surface area contributed by atoms with E-state index in [1.54, 1.807) is 19.1 Å². The molecule has 2 amide bonds. The van der Waals surface area contributed by atoms with Crippen LogP contribution in [0, 0.1) is 0 Å². The number of halogens is 1. The molecule has 31 heavy (non-hydrogen) atoms. The van der Waals surface area contributed by atoms with E-state index in [1.165, 1.54) is 30.5 Å². The highest BCUT2D eigenvalue weighted by molar-refractivity contribution is 6.27. The molecule has 2 heterocycles. The van der Waals surface area contributed by atoms with Crippen LogP contribution in [-0.2, 0) is 4.74 Å². The van der Waals surface area contributed by atoms with E-state index in [2.05, 4.69) is 4.98 Å². The minimum atomic E-state index is -1.06. The van der Waals surface area contributed by atoms with E-state index < -0.39 is 23.7 Å². The summed E-state index contributed by atoms with van der Waals surface area (Å²) in [5.74, 6) is -2.59. The maximum absolute atomic E-state index is 13.5. The minimum Gasteiger partial charge on any atom is -0.505 e. The lowest BCUT2D eigenvalue weighted by Crippen LogP contribution is -2.31. The summed E-state index contributed by atoms with van der Waals surface area (Å²) >= 11 is 0. The number of carbonyl (C=O) groups is 3. The number of amides is 2. The molecule has 0 atom stereocenters. The van der Waals surface area contributed by atoms with E-state index in [0.717, 1.165) is 4.90 Å². The number of pyridine rings is 1.